The Balaban J connectivity index is 2.12. The molecule has 2 saturated carbocycles. The molecule has 2 fully saturated rings. The molecule has 0 aromatic rings. The van der Waals surface area contributed by atoms with E-state index in [1.807, 2.05) is 13.8 Å². The molecule has 0 spiro atoms. The average molecular weight is 282 g/mol. The highest BCUT2D eigenvalue weighted by Gasteiger charge is 2.49. The van der Waals surface area contributed by atoms with Crippen LogP contribution in [0.25, 0.3) is 0 Å². The first kappa shape index (κ1) is 15.8. The van der Waals surface area contributed by atoms with Gasteiger partial charge in [-0.3, -0.25) is 4.79 Å². The number of ether oxygens (including phenoxy) is 1. The second-order valence-electron chi connectivity index (χ2n) is 7.76. The van der Waals surface area contributed by atoms with E-state index in [9.17, 15) is 9.90 Å². The Hall–Kier alpha value is -0.570. The lowest BCUT2D eigenvalue weighted by Gasteiger charge is -2.53. The molecule has 0 radical (unpaired) electrons. The summed E-state index contributed by atoms with van der Waals surface area (Å²) in [4.78, 5) is 11.3. The van der Waals surface area contributed by atoms with E-state index >= 15 is 0 Å². The van der Waals surface area contributed by atoms with Crippen LogP contribution in [0.2, 0.25) is 0 Å². The van der Waals surface area contributed by atoms with Crippen molar-refractivity contribution in [3.8, 4) is 0 Å². The zero-order valence-corrected chi connectivity index (χ0v) is 13.4. The molecule has 2 aliphatic carbocycles. The first-order valence-electron chi connectivity index (χ1n) is 8.09. The second kappa shape index (κ2) is 5.67. The molecule has 0 amide bonds. The van der Waals surface area contributed by atoms with Crippen LogP contribution < -0.4 is 0 Å². The highest BCUT2D eigenvalue weighted by atomic mass is 16.6. The second-order valence-corrected chi connectivity index (χ2v) is 7.76. The van der Waals surface area contributed by atoms with Crippen molar-refractivity contribution >= 4 is 5.97 Å². The summed E-state index contributed by atoms with van der Waals surface area (Å²) in [5, 5.41) is 9.69. The minimum atomic E-state index is -0.384. The topological polar surface area (TPSA) is 46.5 Å². The number of hydrogen-bond acceptors (Lipinski definition) is 3. The first-order valence-corrected chi connectivity index (χ1v) is 8.09. The number of hydrogen-bond donors (Lipinski definition) is 1. The summed E-state index contributed by atoms with van der Waals surface area (Å²) in [5.74, 6) is 1.24. The number of fused-ring (bicyclic) bond motifs is 1. The van der Waals surface area contributed by atoms with Crippen molar-refractivity contribution in [2.45, 2.75) is 71.8 Å². The number of aliphatic hydroxyl groups excluding tert-OH is 1. The lowest BCUT2D eigenvalue weighted by atomic mass is 9.53. The quantitative estimate of drug-likeness (QED) is 0.805. The normalized spacial score (nSPS) is 38.1. The summed E-state index contributed by atoms with van der Waals surface area (Å²) < 4.78 is 5.56. The van der Waals surface area contributed by atoms with Gasteiger partial charge in [-0.1, -0.05) is 13.3 Å². The van der Waals surface area contributed by atoms with Crippen LogP contribution in [0.3, 0.4) is 0 Å². The van der Waals surface area contributed by atoms with Crippen LogP contribution in [0.15, 0.2) is 0 Å². The summed E-state index contributed by atoms with van der Waals surface area (Å²) in [6, 6.07) is 0. The van der Waals surface area contributed by atoms with Crippen LogP contribution in [-0.2, 0) is 9.53 Å². The van der Waals surface area contributed by atoms with Gasteiger partial charge in [0.15, 0.2) is 0 Å². The average Bonchev–Trinajstić information content (AvgIpc) is 2.35. The van der Waals surface area contributed by atoms with Gasteiger partial charge in [0.25, 0.3) is 0 Å². The Bertz CT molecular complexity index is 363. The maximum absolute atomic E-state index is 11.3. The molecule has 0 aliphatic heterocycles. The number of rotatable bonds is 3. The zero-order chi connectivity index (χ0) is 15.0. The highest BCUT2D eigenvalue weighted by Crippen LogP contribution is 2.55. The molecular weight excluding hydrogens is 252 g/mol. The standard InChI is InChI=1S/C17H30O3/c1-12(19)20-16(2,3)14-7-9-17(4)8-5-6-13(11-18)15(17)10-14/h13-15,18H,5-11H2,1-4H3/t13?,14-,15+,17-/m1/s1. The van der Waals surface area contributed by atoms with Crippen LogP contribution in [0.1, 0.15) is 66.2 Å². The van der Waals surface area contributed by atoms with Crippen LogP contribution in [-0.4, -0.2) is 23.3 Å². The van der Waals surface area contributed by atoms with Gasteiger partial charge in [-0.05, 0) is 69.1 Å². The Labute approximate surface area is 123 Å². The Kier molecular flexibility index (Phi) is 4.48. The third kappa shape index (κ3) is 3.03. The predicted octanol–water partition coefficient (Wildman–Crippen LogP) is 3.54. The van der Waals surface area contributed by atoms with Crippen LogP contribution in [0.4, 0.5) is 0 Å². The van der Waals surface area contributed by atoms with Gasteiger partial charge in [0.2, 0.25) is 0 Å². The van der Waals surface area contributed by atoms with Crippen molar-refractivity contribution in [3.63, 3.8) is 0 Å². The smallest absolute Gasteiger partial charge is 0.303 e. The molecule has 3 nitrogen and oxygen atoms in total. The maximum atomic E-state index is 11.3. The number of aliphatic hydroxyl groups is 1. The van der Waals surface area contributed by atoms with Crippen molar-refractivity contribution in [3.05, 3.63) is 0 Å². The van der Waals surface area contributed by atoms with Gasteiger partial charge < -0.3 is 9.84 Å². The molecule has 1 N–H and O–H groups in total. The molecule has 4 atom stereocenters. The molecule has 0 bridgehead atoms. The van der Waals surface area contributed by atoms with E-state index in [1.165, 1.54) is 26.2 Å². The van der Waals surface area contributed by atoms with Gasteiger partial charge in [-0.25, -0.2) is 0 Å². The number of carbonyl (C=O) groups is 1. The largest absolute Gasteiger partial charge is 0.460 e. The Morgan fingerprint density at radius 3 is 2.65 bits per heavy atom. The molecule has 116 valence electrons. The fourth-order valence-corrected chi connectivity index (χ4v) is 4.74. The highest BCUT2D eigenvalue weighted by molar-refractivity contribution is 5.66. The lowest BCUT2D eigenvalue weighted by molar-refractivity contribution is -0.164. The van der Waals surface area contributed by atoms with Crippen molar-refractivity contribution in [1.82, 2.24) is 0 Å². The molecule has 3 heteroatoms. The lowest BCUT2D eigenvalue weighted by Crippen LogP contribution is -2.48. The molecule has 1 unspecified atom stereocenters. The summed E-state index contributed by atoms with van der Waals surface area (Å²) >= 11 is 0. The third-order valence-electron chi connectivity index (χ3n) is 6.01. The molecule has 0 heterocycles. The van der Waals surface area contributed by atoms with Crippen molar-refractivity contribution in [2.75, 3.05) is 6.61 Å². The summed E-state index contributed by atoms with van der Waals surface area (Å²) in [6.45, 7) is 8.28. The summed E-state index contributed by atoms with van der Waals surface area (Å²) in [6.07, 6.45) is 7.10. The SMILES string of the molecule is CC(=O)OC(C)(C)[C@@H]1CC[C@@]2(C)CCCC(CO)[C@@H]2C1. The first-order chi connectivity index (χ1) is 9.28. The van der Waals surface area contributed by atoms with Crippen LogP contribution in [0.5, 0.6) is 0 Å². The van der Waals surface area contributed by atoms with E-state index in [0.717, 1.165) is 19.3 Å². The zero-order valence-electron chi connectivity index (χ0n) is 13.4. The predicted molar refractivity (Wildman–Crippen MR) is 79.2 cm³/mol. The van der Waals surface area contributed by atoms with E-state index in [2.05, 4.69) is 6.92 Å². The van der Waals surface area contributed by atoms with Crippen molar-refractivity contribution < 1.29 is 14.6 Å². The molecule has 2 rings (SSSR count). The van der Waals surface area contributed by atoms with Gasteiger partial charge in [0.05, 0.1) is 0 Å². The summed E-state index contributed by atoms with van der Waals surface area (Å²) in [7, 11) is 0. The van der Waals surface area contributed by atoms with E-state index in [-0.39, 0.29) is 11.6 Å². The van der Waals surface area contributed by atoms with Gasteiger partial charge in [0, 0.05) is 13.5 Å². The summed E-state index contributed by atoms with van der Waals surface area (Å²) in [5.41, 5.74) is -0.000926. The molecule has 20 heavy (non-hydrogen) atoms. The van der Waals surface area contributed by atoms with Gasteiger partial charge in [0.1, 0.15) is 5.60 Å². The molecular formula is C17H30O3. The Morgan fingerprint density at radius 1 is 1.35 bits per heavy atom. The van der Waals surface area contributed by atoms with E-state index in [0.29, 0.717) is 29.8 Å². The Morgan fingerprint density at radius 2 is 2.05 bits per heavy atom. The minimum Gasteiger partial charge on any atom is -0.460 e. The van der Waals surface area contributed by atoms with Crippen LogP contribution in [0, 0.1) is 23.2 Å². The fourth-order valence-electron chi connectivity index (χ4n) is 4.74. The molecule has 0 aromatic heterocycles. The third-order valence-corrected chi connectivity index (χ3v) is 6.01. The number of carbonyl (C=O) groups excluding carboxylic acids is 1. The van der Waals surface area contributed by atoms with Crippen LogP contribution >= 0.6 is 0 Å². The fraction of sp³-hybridized carbons (Fsp3) is 0.941. The van der Waals surface area contributed by atoms with Gasteiger partial charge in [-0.15, -0.1) is 0 Å². The number of esters is 1. The molecule has 0 aromatic carbocycles. The molecule has 2 aliphatic rings. The minimum absolute atomic E-state index is 0.189. The van der Waals surface area contributed by atoms with E-state index in [4.69, 9.17) is 4.74 Å². The van der Waals surface area contributed by atoms with Crippen molar-refractivity contribution in [1.29, 1.82) is 0 Å². The van der Waals surface area contributed by atoms with E-state index in [1.54, 1.807) is 0 Å². The van der Waals surface area contributed by atoms with Gasteiger partial charge in [-0.2, -0.15) is 0 Å². The monoisotopic (exact) mass is 282 g/mol. The van der Waals surface area contributed by atoms with Crippen molar-refractivity contribution in [2.24, 2.45) is 23.2 Å². The maximum Gasteiger partial charge on any atom is 0.303 e. The van der Waals surface area contributed by atoms with Gasteiger partial charge >= 0.3 is 5.97 Å². The molecule has 0 saturated heterocycles. The van der Waals surface area contributed by atoms with E-state index < -0.39 is 0 Å².